The molecule has 0 saturated carbocycles. The minimum Gasteiger partial charge on any atom is -0.497 e. The van der Waals surface area contributed by atoms with E-state index in [-0.39, 0.29) is 5.78 Å². The van der Waals surface area contributed by atoms with Gasteiger partial charge in [0.15, 0.2) is 0 Å². The summed E-state index contributed by atoms with van der Waals surface area (Å²) in [6.07, 6.45) is 1.76. The summed E-state index contributed by atoms with van der Waals surface area (Å²) in [4.78, 5) is 19.2. The van der Waals surface area contributed by atoms with Crippen LogP contribution >= 0.6 is 11.3 Å². The van der Waals surface area contributed by atoms with Crippen molar-refractivity contribution < 1.29 is 9.53 Å². The van der Waals surface area contributed by atoms with E-state index in [4.69, 9.17) is 4.74 Å². The van der Waals surface area contributed by atoms with Crippen molar-refractivity contribution in [3.63, 3.8) is 0 Å². The summed E-state index contributed by atoms with van der Waals surface area (Å²) in [6, 6.07) is 19.4. The van der Waals surface area contributed by atoms with E-state index in [0.29, 0.717) is 10.4 Å². The number of ketones is 1. The van der Waals surface area contributed by atoms with Crippen molar-refractivity contribution in [1.82, 2.24) is 4.98 Å². The fourth-order valence-electron chi connectivity index (χ4n) is 2.97. The Labute approximate surface area is 155 Å². The maximum absolute atomic E-state index is 13.2. The first-order valence-corrected chi connectivity index (χ1v) is 9.12. The Morgan fingerprint density at radius 1 is 1.00 bits per heavy atom. The summed E-state index contributed by atoms with van der Waals surface area (Å²) >= 11 is 1.44. The van der Waals surface area contributed by atoms with Gasteiger partial charge in [-0.2, -0.15) is 0 Å². The summed E-state index contributed by atoms with van der Waals surface area (Å²) in [5, 5.41) is 0.998. The van der Waals surface area contributed by atoms with Gasteiger partial charge in [0.1, 0.15) is 10.6 Å². The zero-order valence-corrected chi connectivity index (χ0v) is 15.3. The predicted molar refractivity (Wildman–Crippen MR) is 106 cm³/mol. The van der Waals surface area contributed by atoms with Gasteiger partial charge in [0, 0.05) is 22.7 Å². The van der Waals surface area contributed by atoms with E-state index in [0.717, 1.165) is 32.7 Å². The normalized spacial score (nSPS) is 10.8. The third-order valence-electron chi connectivity index (χ3n) is 4.36. The highest BCUT2D eigenvalue weighted by molar-refractivity contribution is 7.21. The van der Waals surface area contributed by atoms with Gasteiger partial charge in [-0.15, -0.1) is 11.3 Å². The Bertz CT molecular complexity index is 1080. The summed E-state index contributed by atoms with van der Waals surface area (Å²) in [5.41, 5.74) is 3.75. The number of aromatic nitrogens is 1. The lowest BCUT2D eigenvalue weighted by atomic mass is 9.98. The van der Waals surface area contributed by atoms with Crippen LogP contribution in [0, 0.1) is 6.92 Å². The topological polar surface area (TPSA) is 39.2 Å². The Morgan fingerprint density at radius 3 is 2.42 bits per heavy atom. The van der Waals surface area contributed by atoms with Gasteiger partial charge in [-0.3, -0.25) is 4.79 Å². The van der Waals surface area contributed by atoms with Crippen molar-refractivity contribution in [2.75, 3.05) is 7.11 Å². The smallest absolute Gasteiger partial charge is 0.203 e. The fourth-order valence-corrected chi connectivity index (χ4v) is 4.10. The van der Waals surface area contributed by atoms with Crippen LogP contribution in [0.25, 0.3) is 21.3 Å². The molecule has 3 nitrogen and oxygen atoms in total. The summed E-state index contributed by atoms with van der Waals surface area (Å²) < 4.78 is 5.26. The second-order valence-electron chi connectivity index (χ2n) is 6.09. The lowest BCUT2D eigenvalue weighted by Crippen LogP contribution is -2.00. The average Bonchev–Trinajstić information content (AvgIpc) is 3.07. The molecule has 2 heterocycles. The van der Waals surface area contributed by atoms with E-state index in [1.165, 1.54) is 11.3 Å². The van der Waals surface area contributed by atoms with Crippen molar-refractivity contribution in [1.29, 1.82) is 0 Å². The van der Waals surface area contributed by atoms with Gasteiger partial charge in [0.25, 0.3) is 0 Å². The zero-order chi connectivity index (χ0) is 18.1. The number of rotatable bonds is 4. The Kier molecular flexibility index (Phi) is 4.27. The summed E-state index contributed by atoms with van der Waals surface area (Å²) in [7, 11) is 1.64. The van der Waals surface area contributed by atoms with Crippen LogP contribution in [-0.2, 0) is 0 Å². The summed E-state index contributed by atoms with van der Waals surface area (Å²) in [6.45, 7) is 2.01. The van der Waals surface area contributed by atoms with Crippen LogP contribution in [0.4, 0.5) is 0 Å². The lowest BCUT2D eigenvalue weighted by Gasteiger charge is -2.07. The maximum atomic E-state index is 13.2. The molecule has 0 aliphatic rings. The van der Waals surface area contributed by atoms with Gasteiger partial charge in [-0.25, -0.2) is 4.98 Å². The highest BCUT2D eigenvalue weighted by atomic mass is 32.1. The molecule has 0 bridgehead atoms. The predicted octanol–water partition coefficient (Wildman–Crippen LogP) is 5.51. The molecule has 0 N–H and O–H groups in total. The molecule has 4 rings (SSSR count). The molecule has 2 aromatic carbocycles. The molecule has 26 heavy (non-hydrogen) atoms. The first-order chi connectivity index (χ1) is 12.7. The number of fused-ring (bicyclic) bond motifs is 1. The standard InChI is InChI=1S/C22H17NO2S/c1-14-5-7-16(8-6-14)20(24)21-19(15-9-11-17(25-2)12-10-15)18-4-3-13-23-22(18)26-21/h3-13H,1-2H3. The number of hydrogen-bond acceptors (Lipinski definition) is 4. The van der Waals surface area contributed by atoms with Crippen LogP contribution in [-0.4, -0.2) is 17.9 Å². The zero-order valence-electron chi connectivity index (χ0n) is 14.5. The van der Waals surface area contributed by atoms with Crippen molar-refractivity contribution in [3.8, 4) is 16.9 Å². The lowest BCUT2D eigenvalue weighted by molar-refractivity contribution is 0.104. The van der Waals surface area contributed by atoms with Crippen LogP contribution in [0.3, 0.4) is 0 Å². The molecule has 0 aliphatic carbocycles. The molecular formula is C22H17NO2S. The number of carbonyl (C=O) groups excluding carboxylic acids is 1. The SMILES string of the molecule is COc1ccc(-c2c(C(=O)c3ccc(C)cc3)sc3ncccc23)cc1. The van der Waals surface area contributed by atoms with Crippen LogP contribution in [0.1, 0.15) is 20.8 Å². The van der Waals surface area contributed by atoms with Crippen LogP contribution in [0.2, 0.25) is 0 Å². The third-order valence-corrected chi connectivity index (χ3v) is 5.48. The molecular weight excluding hydrogens is 342 g/mol. The van der Waals surface area contributed by atoms with Gasteiger partial charge < -0.3 is 4.74 Å². The number of methoxy groups -OCH3 is 1. The molecule has 128 valence electrons. The Hall–Kier alpha value is -2.98. The van der Waals surface area contributed by atoms with E-state index in [2.05, 4.69) is 4.98 Å². The molecule has 0 aliphatic heterocycles. The molecule has 0 saturated heterocycles. The number of carbonyl (C=O) groups is 1. The van der Waals surface area contributed by atoms with E-state index in [1.54, 1.807) is 13.3 Å². The van der Waals surface area contributed by atoms with Crippen molar-refractivity contribution in [2.24, 2.45) is 0 Å². The average molecular weight is 359 g/mol. The largest absolute Gasteiger partial charge is 0.497 e. The molecule has 0 atom stereocenters. The van der Waals surface area contributed by atoms with Gasteiger partial charge >= 0.3 is 0 Å². The van der Waals surface area contributed by atoms with Crippen LogP contribution in [0.15, 0.2) is 66.9 Å². The first kappa shape index (κ1) is 16.5. The number of nitrogens with zero attached hydrogens (tertiary/aromatic N) is 1. The number of aryl methyl sites for hydroxylation is 1. The molecule has 0 spiro atoms. The van der Waals surface area contributed by atoms with Crippen molar-refractivity contribution in [2.45, 2.75) is 6.92 Å². The Morgan fingerprint density at radius 2 is 1.73 bits per heavy atom. The van der Waals surface area contributed by atoms with Crippen molar-refractivity contribution in [3.05, 3.63) is 82.9 Å². The maximum Gasteiger partial charge on any atom is 0.203 e. The quantitative estimate of drug-likeness (QED) is 0.451. The minimum absolute atomic E-state index is 0.0267. The van der Waals surface area contributed by atoms with Gasteiger partial charge in [0.05, 0.1) is 12.0 Å². The molecule has 4 heteroatoms. The van der Waals surface area contributed by atoms with Gasteiger partial charge in [-0.05, 0) is 36.8 Å². The van der Waals surface area contributed by atoms with E-state index < -0.39 is 0 Å². The van der Waals surface area contributed by atoms with Crippen molar-refractivity contribution >= 4 is 27.3 Å². The van der Waals surface area contributed by atoms with E-state index >= 15 is 0 Å². The monoisotopic (exact) mass is 359 g/mol. The number of benzene rings is 2. The highest BCUT2D eigenvalue weighted by Gasteiger charge is 2.21. The number of hydrogen-bond donors (Lipinski definition) is 0. The molecule has 0 fully saturated rings. The molecule has 0 amide bonds. The van der Waals surface area contributed by atoms with E-state index in [1.807, 2.05) is 67.6 Å². The Balaban J connectivity index is 1.91. The molecule has 2 aromatic heterocycles. The molecule has 4 aromatic rings. The summed E-state index contributed by atoms with van der Waals surface area (Å²) in [5.74, 6) is 0.816. The second kappa shape index (κ2) is 6.73. The van der Waals surface area contributed by atoms with E-state index in [9.17, 15) is 4.79 Å². The second-order valence-corrected chi connectivity index (χ2v) is 7.09. The van der Waals surface area contributed by atoms with Crippen LogP contribution < -0.4 is 4.74 Å². The van der Waals surface area contributed by atoms with Crippen LogP contribution in [0.5, 0.6) is 5.75 Å². The van der Waals surface area contributed by atoms with Gasteiger partial charge in [-0.1, -0.05) is 42.0 Å². The number of ether oxygens (including phenoxy) is 1. The number of pyridine rings is 1. The fraction of sp³-hybridized carbons (Fsp3) is 0.0909. The highest BCUT2D eigenvalue weighted by Crippen LogP contribution is 2.39. The number of thiophene rings is 1. The molecule has 0 radical (unpaired) electrons. The minimum atomic E-state index is 0.0267. The molecule has 0 unspecified atom stereocenters. The first-order valence-electron chi connectivity index (χ1n) is 8.30. The van der Waals surface area contributed by atoms with Gasteiger partial charge in [0.2, 0.25) is 5.78 Å². The third kappa shape index (κ3) is 2.89.